The smallest absolute Gasteiger partial charge is 0.231 e. The first-order chi connectivity index (χ1) is 16.0. The van der Waals surface area contributed by atoms with Gasteiger partial charge in [0, 0.05) is 56.1 Å². The molecule has 0 bridgehead atoms. The van der Waals surface area contributed by atoms with Gasteiger partial charge in [-0.1, -0.05) is 0 Å². The molecule has 6 rings (SSSR count). The maximum Gasteiger partial charge on any atom is 0.231 e. The molecule has 7 nitrogen and oxygen atoms in total. The number of halogens is 1. The highest BCUT2D eigenvalue weighted by atomic mass is 19.1. The highest BCUT2D eigenvalue weighted by Gasteiger charge is 2.27. The molecule has 4 aromatic rings. The zero-order valence-electron chi connectivity index (χ0n) is 18.8. The predicted molar refractivity (Wildman–Crippen MR) is 123 cm³/mol. The molecule has 0 spiro atoms. The van der Waals surface area contributed by atoms with Crippen LogP contribution in [0.1, 0.15) is 30.1 Å². The Morgan fingerprint density at radius 1 is 1.06 bits per heavy atom. The van der Waals surface area contributed by atoms with Crippen LogP contribution in [-0.2, 0) is 13.6 Å². The van der Waals surface area contributed by atoms with Crippen LogP contribution in [0.2, 0.25) is 0 Å². The van der Waals surface area contributed by atoms with E-state index in [9.17, 15) is 4.39 Å². The minimum absolute atomic E-state index is 0.231. The van der Waals surface area contributed by atoms with Crippen LogP contribution >= 0.6 is 0 Å². The molecule has 1 saturated heterocycles. The van der Waals surface area contributed by atoms with Crippen molar-refractivity contribution in [1.82, 2.24) is 24.2 Å². The minimum atomic E-state index is -0.272. The first kappa shape index (κ1) is 20.2. The van der Waals surface area contributed by atoms with Gasteiger partial charge in [-0.25, -0.2) is 9.37 Å². The average Bonchev–Trinajstić information content (AvgIpc) is 3.50. The molecule has 2 aromatic heterocycles. The molecule has 2 aliphatic heterocycles. The fraction of sp³-hybridized carbons (Fsp3) is 0.360. The Balaban J connectivity index is 1.31. The Kier molecular flexibility index (Phi) is 4.83. The van der Waals surface area contributed by atoms with Gasteiger partial charge in [0.25, 0.3) is 0 Å². The van der Waals surface area contributed by atoms with Gasteiger partial charge in [-0.3, -0.25) is 9.58 Å². The summed E-state index contributed by atoms with van der Waals surface area (Å²) in [5.41, 5.74) is 4.96. The summed E-state index contributed by atoms with van der Waals surface area (Å²) in [6.07, 6.45) is 4.11. The molecular weight excluding hydrogens is 421 g/mol. The summed E-state index contributed by atoms with van der Waals surface area (Å²) in [4.78, 5) is 7.33. The molecule has 0 unspecified atom stereocenters. The van der Waals surface area contributed by atoms with Crippen molar-refractivity contribution < 1.29 is 13.9 Å². The largest absolute Gasteiger partial charge is 0.454 e. The van der Waals surface area contributed by atoms with E-state index in [2.05, 4.69) is 27.7 Å². The Morgan fingerprint density at radius 3 is 2.67 bits per heavy atom. The van der Waals surface area contributed by atoms with Crippen LogP contribution in [0.4, 0.5) is 4.39 Å². The second-order valence-corrected chi connectivity index (χ2v) is 8.93. The lowest BCUT2D eigenvalue weighted by Gasteiger charge is -2.33. The zero-order valence-corrected chi connectivity index (χ0v) is 18.8. The number of hydrogen-bond acceptors (Lipinski definition) is 5. The van der Waals surface area contributed by atoms with Gasteiger partial charge in [0.1, 0.15) is 11.6 Å². The van der Waals surface area contributed by atoms with Crippen LogP contribution in [0.5, 0.6) is 11.5 Å². The number of ether oxygens (including phenoxy) is 2. The van der Waals surface area contributed by atoms with Crippen molar-refractivity contribution in [1.29, 1.82) is 0 Å². The first-order valence-corrected chi connectivity index (χ1v) is 11.3. The van der Waals surface area contributed by atoms with Crippen LogP contribution in [-0.4, -0.2) is 44.1 Å². The van der Waals surface area contributed by atoms with E-state index in [0.29, 0.717) is 5.52 Å². The summed E-state index contributed by atoms with van der Waals surface area (Å²) in [6.45, 7) is 5.18. The molecule has 33 heavy (non-hydrogen) atoms. The summed E-state index contributed by atoms with van der Waals surface area (Å²) in [7, 11) is 1.97. The van der Waals surface area contributed by atoms with Gasteiger partial charge in [-0.2, -0.15) is 5.10 Å². The lowest BCUT2D eigenvalue weighted by Crippen LogP contribution is -2.34. The van der Waals surface area contributed by atoms with Crippen molar-refractivity contribution in [3.8, 4) is 22.9 Å². The van der Waals surface area contributed by atoms with Gasteiger partial charge < -0.3 is 14.0 Å². The highest BCUT2D eigenvalue weighted by molar-refractivity contribution is 5.81. The molecular formula is C25H26FN5O2. The van der Waals surface area contributed by atoms with Gasteiger partial charge >= 0.3 is 0 Å². The fourth-order valence-electron chi connectivity index (χ4n) is 5.06. The van der Waals surface area contributed by atoms with Crippen LogP contribution in [0.15, 0.2) is 42.6 Å². The van der Waals surface area contributed by atoms with E-state index in [1.807, 2.05) is 36.0 Å². The number of aryl methyl sites for hydroxylation is 2. The Hall–Kier alpha value is -3.39. The van der Waals surface area contributed by atoms with Gasteiger partial charge in [0.15, 0.2) is 11.5 Å². The number of fused-ring (bicyclic) bond motifs is 2. The van der Waals surface area contributed by atoms with Crippen molar-refractivity contribution in [2.75, 3.05) is 19.9 Å². The molecule has 2 aromatic carbocycles. The minimum Gasteiger partial charge on any atom is -0.454 e. The summed E-state index contributed by atoms with van der Waals surface area (Å²) in [5.74, 6) is 2.03. The standard InChI is InChI=1S/C25H26FN5O2/c1-16-18(13-29(2)28-16)14-30-9-7-20(8-10-30)31-22-5-4-19(26)12-21(22)27-25(31)17-3-6-23-24(11-17)33-15-32-23/h3-6,11-13,20H,7-10,14-15H2,1-2H3. The van der Waals surface area contributed by atoms with Crippen LogP contribution in [0.3, 0.4) is 0 Å². The number of aromatic nitrogens is 4. The number of benzene rings is 2. The maximum absolute atomic E-state index is 14.0. The van der Waals surface area contributed by atoms with Gasteiger partial charge in [-0.05, 0) is 50.1 Å². The molecule has 0 radical (unpaired) electrons. The zero-order chi connectivity index (χ0) is 22.5. The Labute approximate surface area is 191 Å². The topological polar surface area (TPSA) is 57.3 Å². The lowest BCUT2D eigenvalue weighted by molar-refractivity contribution is 0.174. The van der Waals surface area contributed by atoms with Crippen molar-refractivity contribution in [2.45, 2.75) is 32.4 Å². The number of rotatable bonds is 4. The summed E-state index contributed by atoms with van der Waals surface area (Å²) >= 11 is 0. The highest BCUT2D eigenvalue weighted by Crippen LogP contribution is 2.39. The van der Waals surface area contributed by atoms with Crippen molar-refractivity contribution in [2.24, 2.45) is 7.05 Å². The second kappa shape index (κ2) is 7.88. The number of hydrogen-bond donors (Lipinski definition) is 0. The third-order valence-electron chi connectivity index (χ3n) is 6.71. The Bertz CT molecular complexity index is 1340. The molecule has 1 fully saturated rings. The molecule has 2 aliphatic rings. The third-order valence-corrected chi connectivity index (χ3v) is 6.71. The van der Waals surface area contributed by atoms with Gasteiger partial charge in [-0.15, -0.1) is 0 Å². The molecule has 8 heteroatoms. The number of imidazole rings is 1. The van der Waals surface area contributed by atoms with Crippen LogP contribution in [0.25, 0.3) is 22.4 Å². The molecule has 0 amide bonds. The molecule has 0 atom stereocenters. The monoisotopic (exact) mass is 447 g/mol. The van der Waals surface area contributed by atoms with Crippen LogP contribution < -0.4 is 9.47 Å². The molecule has 0 saturated carbocycles. The maximum atomic E-state index is 14.0. The van der Waals surface area contributed by atoms with E-state index in [0.717, 1.165) is 66.6 Å². The van der Waals surface area contributed by atoms with Crippen molar-refractivity contribution >= 4 is 11.0 Å². The predicted octanol–water partition coefficient (Wildman–Crippen LogP) is 4.45. The summed E-state index contributed by atoms with van der Waals surface area (Å²) in [5, 5.41) is 4.47. The molecule has 170 valence electrons. The second-order valence-electron chi connectivity index (χ2n) is 8.93. The number of nitrogens with zero attached hydrogens (tertiary/aromatic N) is 5. The Morgan fingerprint density at radius 2 is 1.88 bits per heavy atom. The van der Waals surface area contributed by atoms with Crippen LogP contribution in [0, 0.1) is 12.7 Å². The average molecular weight is 448 g/mol. The summed E-state index contributed by atoms with van der Waals surface area (Å²) in [6, 6.07) is 11.1. The van der Waals surface area contributed by atoms with Crippen molar-refractivity contribution in [3.05, 3.63) is 59.7 Å². The number of likely N-dealkylation sites (tertiary alicyclic amines) is 1. The first-order valence-electron chi connectivity index (χ1n) is 11.3. The van der Waals surface area contributed by atoms with E-state index >= 15 is 0 Å². The van der Waals surface area contributed by atoms with E-state index in [-0.39, 0.29) is 18.7 Å². The quantitative estimate of drug-likeness (QED) is 0.463. The van der Waals surface area contributed by atoms with Crippen molar-refractivity contribution in [3.63, 3.8) is 0 Å². The fourth-order valence-corrected chi connectivity index (χ4v) is 5.06. The van der Waals surface area contributed by atoms with Gasteiger partial charge in [0.2, 0.25) is 6.79 Å². The SMILES string of the molecule is Cc1nn(C)cc1CN1CCC(n2c(-c3ccc4c(c3)OCO4)nc3cc(F)ccc32)CC1. The van der Waals surface area contributed by atoms with E-state index in [1.165, 1.54) is 17.7 Å². The normalized spacial score (nSPS) is 16.7. The third kappa shape index (κ3) is 3.64. The molecule has 4 heterocycles. The molecule has 0 N–H and O–H groups in total. The van der Waals surface area contributed by atoms with E-state index in [4.69, 9.17) is 14.5 Å². The summed E-state index contributed by atoms with van der Waals surface area (Å²) < 4.78 is 29.2. The van der Waals surface area contributed by atoms with E-state index in [1.54, 1.807) is 0 Å². The lowest BCUT2D eigenvalue weighted by atomic mass is 10.0. The number of piperidine rings is 1. The van der Waals surface area contributed by atoms with Gasteiger partial charge in [0.05, 0.1) is 16.7 Å². The molecule has 0 aliphatic carbocycles. The van der Waals surface area contributed by atoms with E-state index < -0.39 is 0 Å².